The fourth-order valence-electron chi connectivity index (χ4n) is 2.84. The number of hydrogen-bond acceptors (Lipinski definition) is 2. The summed E-state index contributed by atoms with van der Waals surface area (Å²) in [6, 6.07) is 6.66. The smallest absolute Gasteiger partial charge is 0.389 e. The Bertz CT molecular complexity index is 499. The first-order valence-electron chi connectivity index (χ1n) is 7.49. The molecule has 1 aliphatic heterocycles. The zero-order valence-electron chi connectivity index (χ0n) is 12.3. The molecule has 1 atom stereocenters. The number of amides is 1. The highest BCUT2D eigenvalue weighted by Gasteiger charge is 2.32. The average Bonchev–Trinajstić information content (AvgIpc) is 2.47. The normalized spacial score (nSPS) is 19.2. The molecule has 0 radical (unpaired) electrons. The average molecular weight is 315 g/mol. The van der Waals surface area contributed by atoms with Gasteiger partial charge < -0.3 is 10.0 Å². The lowest BCUT2D eigenvalue weighted by Gasteiger charge is -2.36. The summed E-state index contributed by atoms with van der Waals surface area (Å²) in [5.74, 6) is -0.244. The summed E-state index contributed by atoms with van der Waals surface area (Å²) in [6.45, 7) is 0.527. The highest BCUT2D eigenvalue weighted by Crippen LogP contribution is 2.26. The van der Waals surface area contributed by atoms with E-state index in [1.165, 1.54) is 0 Å². The lowest BCUT2D eigenvalue weighted by Crippen LogP contribution is -2.45. The third-order valence-electron chi connectivity index (χ3n) is 3.98. The number of carbonyl (C=O) groups excluding carboxylic acids is 1. The van der Waals surface area contributed by atoms with Gasteiger partial charge in [0.25, 0.3) is 0 Å². The number of phenolic OH excluding ortho intramolecular Hbond substituents is 1. The zero-order chi connectivity index (χ0) is 16.2. The SMILES string of the molecule is O=C(CCC(F)(F)F)N1CCCCC1Cc1ccc(O)cc1. The van der Waals surface area contributed by atoms with Crippen molar-refractivity contribution in [3.63, 3.8) is 0 Å². The topological polar surface area (TPSA) is 40.5 Å². The highest BCUT2D eigenvalue weighted by atomic mass is 19.4. The van der Waals surface area contributed by atoms with Crippen molar-refractivity contribution in [1.29, 1.82) is 0 Å². The molecule has 0 bridgehead atoms. The maximum atomic E-state index is 12.3. The van der Waals surface area contributed by atoms with Gasteiger partial charge in [0, 0.05) is 19.0 Å². The van der Waals surface area contributed by atoms with Gasteiger partial charge in [0.15, 0.2) is 0 Å². The molecule has 1 aromatic carbocycles. The van der Waals surface area contributed by atoms with Crippen molar-refractivity contribution in [1.82, 2.24) is 4.90 Å². The van der Waals surface area contributed by atoms with Crippen LogP contribution in [0.2, 0.25) is 0 Å². The fourth-order valence-corrected chi connectivity index (χ4v) is 2.84. The van der Waals surface area contributed by atoms with Crippen molar-refractivity contribution >= 4 is 5.91 Å². The Morgan fingerprint density at radius 1 is 1.23 bits per heavy atom. The molecule has 122 valence electrons. The Kier molecular flexibility index (Phi) is 5.32. The molecule has 0 spiro atoms. The Hall–Kier alpha value is -1.72. The molecule has 1 aliphatic rings. The van der Waals surface area contributed by atoms with E-state index < -0.39 is 24.9 Å². The van der Waals surface area contributed by atoms with Gasteiger partial charge in [-0.15, -0.1) is 0 Å². The van der Waals surface area contributed by atoms with Crippen molar-refractivity contribution in [2.45, 2.75) is 50.7 Å². The third kappa shape index (κ3) is 4.93. The van der Waals surface area contributed by atoms with Crippen LogP contribution < -0.4 is 0 Å². The van der Waals surface area contributed by atoms with E-state index in [9.17, 15) is 23.1 Å². The number of hydrogen-bond donors (Lipinski definition) is 1. The van der Waals surface area contributed by atoms with E-state index in [4.69, 9.17) is 0 Å². The molecule has 6 heteroatoms. The second-order valence-electron chi connectivity index (χ2n) is 5.72. The van der Waals surface area contributed by atoms with Crippen LogP contribution in [-0.4, -0.2) is 34.7 Å². The minimum absolute atomic E-state index is 0.0565. The first kappa shape index (κ1) is 16.6. The van der Waals surface area contributed by atoms with Crippen molar-refractivity contribution in [2.75, 3.05) is 6.54 Å². The summed E-state index contributed by atoms with van der Waals surface area (Å²) in [7, 11) is 0. The monoisotopic (exact) mass is 315 g/mol. The molecule has 1 heterocycles. The van der Waals surface area contributed by atoms with E-state index >= 15 is 0 Å². The molecule has 3 nitrogen and oxygen atoms in total. The number of halogens is 3. The van der Waals surface area contributed by atoms with Crippen LogP contribution in [0.3, 0.4) is 0 Å². The minimum atomic E-state index is -4.29. The van der Waals surface area contributed by atoms with Gasteiger partial charge in [0.2, 0.25) is 5.91 Å². The molecular weight excluding hydrogens is 295 g/mol. The maximum absolute atomic E-state index is 12.3. The highest BCUT2D eigenvalue weighted by molar-refractivity contribution is 5.76. The largest absolute Gasteiger partial charge is 0.508 e. The van der Waals surface area contributed by atoms with E-state index in [-0.39, 0.29) is 11.8 Å². The first-order valence-corrected chi connectivity index (χ1v) is 7.49. The van der Waals surface area contributed by atoms with Crippen molar-refractivity contribution in [2.24, 2.45) is 0 Å². The summed E-state index contributed by atoms with van der Waals surface area (Å²) in [6.07, 6.45) is -2.60. The lowest BCUT2D eigenvalue weighted by molar-refractivity contribution is -0.151. The molecule has 0 saturated carbocycles. The number of alkyl halides is 3. The minimum Gasteiger partial charge on any atom is -0.508 e. The number of rotatable bonds is 4. The van der Waals surface area contributed by atoms with E-state index in [1.807, 2.05) is 0 Å². The maximum Gasteiger partial charge on any atom is 0.389 e. The predicted molar refractivity (Wildman–Crippen MR) is 76.5 cm³/mol. The molecule has 1 N–H and O–H groups in total. The summed E-state index contributed by atoms with van der Waals surface area (Å²) in [5.41, 5.74) is 0.971. The Labute approximate surface area is 127 Å². The van der Waals surface area contributed by atoms with E-state index in [0.29, 0.717) is 13.0 Å². The molecular formula is C16H20F3NO2. The van der Waals surface area contributed by atoms with Crippen LogP contribution in [0.5, 0.6) is 5.75 Å². The van der Waals surface area contributed by atoms with E-state index in [2.05, 4.69) is 0 Å². The first-order chi connectivity index (χ1) is 10.3. The van der Waals surface area contributed by atoms with Crippen molar-refractivity contribution < 1.29 is 23.1 Å². The lowest BCUT2D eigenvalue weighted by atomic mass is 9.95. The van der Waals surface area contributed by atoms with Gasteiger partial charge in [-0.2, -0.15) is 13.2 Å². The summed E-state index contributed by atoms with van der Waals surface area (Å²) in [5, 5.41) is 9.28. The molecule has 2 rings (SSSR count). The van der Waals surface area contributed by atoms with Gasteiger partial charge in [-0.25, -0.2) is 0 Å². The van der Waals surface area contributed by atoms with Crippen molar-refractivity contribution in [3.8, 4) is 5.75 Å². The standard InChI is InChI=1S/C16H20F3NO2/c17-16(18,19)9-8-15(22)20-10-2-1-3-13(20)11-12-4-6-14(21)7-5-12/h4-7,13,21H,1-3,8-11H2. The van der Waals surface area contributed by atoms with Gasteiger partial charge in [-0.05, 0) is 43.4 Å². The molecule has 1 fully saturated rings. The van der Waals surface area contributed by atoms with Gasteiger partial charge in [-0.3, -0.25) is 4.79 Å². The molecule has 0 aliphatic carbocycles. The fraction of sp³-hybridized carbons (Fsp3) is 0.562. The second-order valence-corrected chi connectivity index (χ2v) is 5.72. The number of aromatic hydroxyl groups is 1. The van der Waals surface area contributed by atoms with Crippen LogP contribution in [0.4, 0.5) is 13.2 Å². The molecule has 1 aromatic rings. The van der Waals surface area contributed by atoms with Gasteiger partial charge in [0.1, 0.15) is 5.75 Å². The van der Waals surface area contributed by atoms with E-state index in [0.717, 1.165) is 24.8 Å². The van der Waals surface area contributed by atoms with Crippen LogP contribution in [0.1, 0.15) is 37.7 Å². The van der Waals surface area contributed by atoms with E-state index in [1.54, 1.807) is 29.2 Å². The van der Waals surface area contributed by atoms with Crippen LogP contribution in [0, 0.1) is 0 Å². The van der Waals surface area contributed by atoms with Gasteiger partial charge in [-0.1, -0.05) is 12.1 Å². The predicted octanol–water partition coefficient (Wildman–Crippen LogP) is 3.66. The van der Waals surface area contributed by atoms with Crippen molar-refractivity contribution in [3.05, 3.63) is 29.8 Å². The summed E-state index contributed by atoms with van der Waals surface area (Å²) < 4.78 is 36.8. The van der Waals surface area contributed by atoms with Crippen LogP contribution >= 0.6 is 0 Å². The number of piperidine rings is 1. The number of nitrogens with zero attached hydrogens (tertiary/aromatic N) is 1. The molecule has 22 heavy (non-hydrogen) atoms. The van der Waals surface area contributed by atoms with Gasteiger partial charge in [0.05, 0.1) is 6.42 Å². The summed E-state index contributed by atoms with van der Waals surface area (Å²) >= 11 is 0. The molecule has 1 saturated heterocycles. The number of carbonyl (C=O) groups is 1. The number of benzene rings is 1. The summed E-state index contributed by atoms with van der Waals surface area (Å²) in [4.78, 5) is 13.7. The third-order valence-corrected chi connectivity index (χ3v) is 3.98. The zero-order valence-corrected chi connectivity index (χ0v) is 12.3. The second kappa shape index (κ2) is 7.03. The Balaban J connectivity index is 1.98. The Morgan fingerprint density at radius 2 is 1.91 bits per heavy atom. The number of likely N-dealkylation sites (tertiary alicyclic amines) is 1. The quantitative estimate of drug-likeness (QED) is 0.921. The molecule has 1 amide bonds. The molecule has 1 unspecified atom stereocenters. The van der Waals surface area contributed by atoms with Gasteiger partial charge >= 0.3 is 6.18 Å². The van der Waals surface area contributed by atoms with Crippen LogP contribution in [0.25, 0.3) is 0 Å². The molecule has 0 aromatic heterocycles. The van der Waals surface area contributed by atoms with Crippen LogP contribution in [0.15, 0.2) is 24.3 Å². The number of phenols is 1. The Morgan fingerprint density at radius 3 is 2.55 bits per heavy atom. The van der Waals surface area contributed by atoms with Crippen LogP contribution in [-0.2, 0) is 11.2 Å².